The first-order valence-electron chi connectivity index (χ1n) is 7.90. The van der Waals surface area contributed by atoms with Gasteiger partial charge >= 0.3 is 0 Å². The minimum Gasteiger partial charge on any atom is -0.505 e. The first kappa shape index (κ1) is 19.6. The van der Waals surface area contributed by atoms with Crippen molar-refractivity contribution in [2.45, 2.75) is 9.79 Å². The van der Waals surface area contributed by atoms with Crippen molar-refractivity contribution in [2.75, 3.05) is 37.3 Å². The number of nitrogens with zero attached hydrogens (tertiary/aromatic N) is 2. The van der Waals surface area contributed by atoms with Crippen LogP contribution in [0.5, 0.6) is 5.75 Å². The number of para-hydroxylation sites is 1. The molecule has 0 radical (unpaired) electrons. The summed E-state index contributed by atoms with van der Waals surface area (Å²) in [7, 11) is -3.88. The maximum atomic E-state index is 12.9. The van der Waals surface area contributed by atoms with E-state index in [1.807, 2.05) is 24.5 Å². The Morgan fingerprint density at radius 1 is 1.08 bits per heavy atom. The number of hydrogen-bond acceptors (Lipinski definition) is 5. The van der Waals surface area contributed by atoms with Crippen LogP contribution >= 0.6 is 35.0 Å². The van der Waals surface area contributed by atoms with Gasteiger partial charge in [-0.1, -0.05) is 35.3 Å². The zero-order valence-electron chi connectivity index (χ0n) is 14.0. The molecule has 1 fully saturated rings. The zero-order valence-corrected chi connectivity index (χ0v) is 17.2. The average molecular weight is 433 g/mol. The minimum atomic E-state index is -3.88. The summed E-state index contributed by atoms with van der Waals surface area (Å²) in [5.74, 6) is -0.466. The van der Waals surface area contributed by atoms with E-state index in [-0.39, 0.29) is 14.9 Å². The van der Waals surface area contributed by atoms with Crippen LogP contribution in [0.2, 0.25) is 10.0 Å². The van der Waals surface area contributed by atoms with Crippen molar-refractivity contribution in [1.29, 1.82) is 0 Å². The molecular weight excluding hydrogens is 415 g/mol. The maximum absolute atomic E-state index is 12.9. The Morgan fingerprint density at radius 2 is 1.73 bits per heavy atom. The van der Waals surface area contributed by atoms with Crippen LogP contribution in [0.1, 0.15) is 0 Å². The number of phenolic OH excluding ortho intramolecular Hbond substituents is 1. The van der Waals surface area contributed by atoms with Gasteiger partial charge in [0.15, 0.2) is 5.75 Å². The lowest BCUT2D eigenvalue weighted by Gasteiger charge is -2.36. The number of phenols is 1. The van der Waals surface area contributed by atoms with E-state index < -0.39 is 15.8 Å². The SMILES string of the molecule is CSc1ccccc1N1CCN(S(=O)(=O)c2cc(Cl)cc(Cl)c2O)CC1. The number of piperazine rings is 1. The fraction of sp³-hybridized carbons (Fsp3) is 0.294. The van der Waals surface area contributed by atoms with E-state index >= 15 is 0 Å². The number of rotatable bonds is 4. The molecule has 0 aliphatic carbocycles. The number of halogens is 2. The van der Waals surface area contributed by atoms with Crippen molar-refractivity contribution in [3.05, 3.63) is 46.4 Å². The predicted molar refractivity (Wildman–Crippen MR) is 107 cm³/mol. The standard InChI is InChI=1S/C17H18Cl2N2O3S2/c1-25-15-5-3-2-4-14(15)20-6-8-21(9-7-20)26(23,24)16-11-12(18)10-13(19)17(16)22/h2-5,10-11,22H,6-9H2,1H3. The van der Waals surface area contributed by atoms with Gasteiger partial charge in [0.1, 0.15) is 4.90 Å². The Labute approximate surface area is 167 Å². The van der Waals surface area contributed by atoms with Crippen molar-refractivity contribution in [3.8, 4) is 5.75 Å². The molecule has 1 N–H and O–H groups in total. The summed E-state index contributed by atoms with van der Waals surface area (Å²) in [6, 6.07) is 10.6. The van der Waals surface area contributed by atoms with E-state index in [4.69, 9.17) is 23.2 Å². The second kappa shape index (κ2) is 7.86. The number of hydrogen-bond donors (Lipinski definition) is 1. The van der Waals surface area contributed by atoms with Gasteiger partial charge in [0.25, 0.3) is 0 Å². The van der Waals surface area contributed by atoms with Crippen LogP contribution in [0, 0.1) is 0 Å². The molecule has 0 spiro atoms. The normalized spacial score (nSPS) is 16.0. The molecule has 0 aromatic heterocycles. The molecule has 2 aromatic rings. The highest BCUT2D eigenvalue weighted by molar-refractivity contribution is 7.98. The molecule has 2 aromatic carbocycles. The third-order valence-electron chi connectivity index (χ3n) is 4.28. The van der Waals surface area contributed by atoms with E-state index in [1.165, 1.54) is 16.4 Å². The van der Waals surface area contributed by atoms with Crippen molar-refractivity contribution in [2.24, 2.45) is 0 Å². The van der Waals surface area contributed by atoms with Crippen molar-refractivity contribution >= 4 is 50.7 Å². The summed E-state index contributed by atoms with van der Waals surface area (Å²) in [6.07, 6.45) is 2.02. The molecule has 26 heavy (non-hydrogen) atoms. The number of benzene rings is 2. The van der Waals surface area contributed by atoms with Gasteiger partial charge in [-0.25, -0.2) is 8.42 Å². The van der Waals surface area contributed by atoms with Crippen LogP contribution in [0.3, 0.4) is 0 Å². The average Bonchev–Trinajstić information content (AvgIpc) is 2.64. The number of anilines is 1. The first-order chi connectivity index (χ1) is 12.3. The van der Waals surface area contributed by atoms with Gasteiger partial charge < -0.3 is 10.0 Å². The molecule has 0 saturated carbocycles. The van der Waals surface area contributed by atoms with Crippen LogP contribution < -0.4 is 4.90 Å². The van der Waals surface area contributed by atoms with Gasteiger partial charge in [0.2, 0.25) is 10.0 Å². The fourth-order valence-corrected chi connectivity index (χ4v) is 5.73. The molecule has 0 amide bonds. The number of aromatic hydroxyl groups is 1. The van der Waals surface area contributed by atoms with Crippen LogP contribution in [0.15, 0.2) is 46.2 Å². The molecule has 5 nitrogen and oxygen atoms in total. The molecule has 0 bridgehead atoms. The Morgan fingerprint density at radius 3 is 2.38 bits per heavy atom. The Hall–Kier alpha value is -1.12. The van der Waals surface area contributed by atoms with Gasteiger partial charge in [-0.05, 0) is 30.5 Å². The molecular formula is C17H18Cl2N2O3S2. The van der Waals surface area contributed by atoms with Gasteiger partial charge in [-0.2, -0.15) is 4.31 Å². The lowest BCUT2D eigenvalue weighted by molar-refractivity contribution is 0.380. The van der Waals surface area contributed by atoms with Gasteiger partial charge in [-0.3, -0.25) is 0 Å². The van der Waals surface area contributed by atoms with E-state index in [0.717, 1.165) is 10.6 Å². The summed E-state index contributed by atoms with van der Waals surface area (Å²) in [5, 5.41) is 10.2. The summed E-state index contributed by atoms with van der Waals surface area (Å²) in [4.78, 5) is 3.07. The highest BCUT2D eigenvalue weighted by atomic mass is 35.5. The zero-order chi connectivity index (χ0) is 18.9. The monoisotopic (exact) mass is 432 g/mol. The molecule has 0 atom stereocenters. The predicted octanol–water partition coefficient (Wildman–Crippen LogP) is 3.93. The van der Waals surface area contributed by atoms with E-state index in [1.54, 1.807) is 11.8 Å². The highest BCUT2D eigenvalue weighted by Crippen LogP contribution is 2.36. The van der Waals surface area contributed by atoms with Crippen LogP contribution in [0.25, 0.3) is 0 Å². The smallest absolute Gasteiger partial charge is 0.246 e. The summed E-state index contributed by atoms with van der Waals surface area (Å²) < 4.78 is 27.2. The second-order valence-corrected chi connectivity index (χ2v) is 9.40. The Kier molecular flexibility index (Phi) is 5.94. The van der Waals surface area contributed by atoms with Gasteiger partial charge in [-0.15, -0.1) is 11.8 Å². The summed E-state index contributed by atoms with van der Waals surface area (Å²) in [6.45, 7) is 1.75. The summed E-state index contributed by atoms with van der Waals surface area (Å²) >= 11 is 13.4. The summed E-state index contributed by atoms with van der Waals surface area (Å²) in [5.41, 5.74) is 1.10. The largest absolute Gasteiger partial charge is 0.505 e. The Balaban J connectivity index is 1.81. The molecule has 1 saturated heterocycles. The van der Waals surface area contributed by atoms with Gasteiger partial charge in [0.05, 0.1) is 10.7 Å². The molecule has 3 rings (SSSR count). The van der Waals surface area contributed by atoms with Gasteiger partial charge in [0, 0.05) is 36.1 Å². The lowest BCUT2D eigenvalue weighted by Crippen LogP contribution is -2.48. The maximum Gasteiger partial charge on any atom is 0.246 e. The molecule has 0 unspecified atom stereocenters. The van der Waals surface area contributed by atoms with E-state index in [0.29, 0.717) is 26.2 Å². The van der Waals surface area contributed by atoms with Crippen molar-refractivity contribution < 1.29 is 13.5 Å². The topological polar surface area (TPSA) is 60.9 Å². The van der Waals surface area contributed by atoms with E-state index in [2.05, 4.69) is 11.0 Å². The second-order valence-electron chi connectivity index (χ2n) is 5.80. The van der Waals surface area contributed by atoms with Crippen LogP contribution in [0.4, 0.5) is 5.69 Å². The quantitative estimate of drug-likeness (QED) is 0.741. The lowest BCUT2D eigenvalue weighted by atomic mass is 10.2. The fourth-order valence-electron chi connectivity index (χ4n) is 2.94. The third kappa shape index (κ3) is 3.77. The van der Waals surface area contributed by atoms with E-state index in [9.17, 15) is 13.5 Å². The van der Waals surface area contributed by atoms with Crippen molar-refractivity contribution in [3.63, 3.8) is 0 Å². The first-order valence-corrected chi connectivity index (χ1v) is 11.3. The highest BCUT2D eigenvalue weighted by Gasteiger charge is 2.32. The van der Waals surface area contributed by atoms with Crippen LogP contribution in [-0.4, -0.2) is 50.3 Å². The molecule has 1 heterocycles. The molecule has 1 aliphatic rings. The Bertz CT molecular complexity index is 914. The number of sulfonamides is 1. The van der Waals surface area contributed by atoms with Crippen LogP contribution in [-0.2, 0) is 10.0 Å². The third-order valence-corrected chi connectivity index (χ3v) is 7.48. The molecule has 9 heteroatoms. The number of thioether (sulfide) groups is 1. The molecule has 140 valence electrons. The minimum absolute atomic E-state index is 0.0800. The van der Waals surface area contributed by atoms with Crippen molar-refractivity contribution in [1.82, 2.24) is 4.31 Å². The molecule has 1 aliphatic heterocycles.